The molecule has 4 rings (SSSR count). The average Bonchev–Trinajstić information content (AvgIpc) is 2.84. The van der Waals surface area contributed by atoms with E-state index in [2.05, 4.69) is 21.9 Å². The SMILES string of the molecule is CN1CCC(N(C)c2ncnc(N(Cc3ccccc3)Cc3ccccc3)c2[N+](=O)[O-])CC1. The number of aromatic nitrogens is 2. The molecule has 1 fully saturated rings. The molecule has 8 heteroatoms. The first-order valence-electron chi connectivity index (χ1n) is 11.3. The molecule has 8 nitrogen and oxygen atoms in total. The number of likely N-dealkylation sites (tertiary alicyclic amines) is 1. The van der Waals surface area contributed by atoms with Crippen LogP contribution in [-0.4, -0.2) is 53.0 Å². The predicted octanol–water partition coefficient (Wildman–Crippen LogP) is 4.12. The highest BCUT2D eigenvalue weighted by molar-refractivity contribution is 5.71. The molecule has 0 radical (unpaired) electrons. The summed E-state index contributed by atoms with van der Waals surface area (Å²) >= 11 is 0. The lowest BCUT2D eigenvalue weighted by Crippen LogP contribution is -2.42. The Morgan fingerprint density at radius 1 is 0.939 bits per heavy atom. The van der Waals surface area contributed by atoms with Gasteiger partial charge in [0, 0.05) is 26.2 Å². The van der Waals surface area contributed by atoms with Crippen molar-refractivity contribution in [3.8, 4) is 0 Å². The van der Waals surface area contributed by atoms with E-state index in [1.165, 1.54) is 6.33 Å². The Bertz CT molecular complexity index is 1010. The second-order valence-corrected chi connectivity index (χ2v) is 8.60. The Morgan fingerprint density at radius 2 is 1.45 bits per heavy atom. The Morgan fingerprint density at radius 3 is 1.97 bits per heavy atom. The smallest absolute Gasteiger partial charge is 0.351 e. The molecule has 3 aromatic rings. The zero-order valence-corrected chi connectivity index (χ0v) is 19.2. The van der Waals surface area contributed by atoms with Gasteiger partial charge >= 0.3 is 5.69 Å². The summed E-state index contributed by atoms with van der Waals surface area (Å²) in [6.07, 6.45) is 3.34. The number of nitro groups is 1. The summed E-state index contributed by atoms with van der Waals surface area (Å²) in [6.45, 7) is 2.94. The molecule has 1 aromatic heterocycles. The van der Waals surface area contributed by atoms with Gasteiger partial charge in [0.25, 0.3) is 0 Å². The van der Waals surface area contributed by atoms with Gasteiger partial charge in [-0.15, -0.1) is 0 Å². The fourth-order valence-electron chi connectivity index (χ4n) is 4.38. The molecule has 0 bridgehead atoms. The molecule has 2 heterocycles. The first-order chi connectivity index (χ1) is 16.0. The van der Waals surface area contributed by atoms with E-state index < -0.39 is 0 Å². The van der Waals surface area contributed by atoms with Gasteiger partial charge in [0.15, 0.2) is 0 Å². The Hall–Kier alpha value is -3.52. The summed E-state index contributed by atoms with van der Waals surface area (Å²) in [5, 5.41) is 12.4. The topological polar surface area (TPSA) is 78.6 Å². The fourth-order valence-corrected chi connectivity index (χ4v) is 4.38. The first-order valence-corrected chi connectivity index (χ1v) is 11.3. The number of rotatable bonds is 8. The predicted molar refractivity (Wildman–Crippen MR) is 130 cm³/mol. The summed E-state index contributed by atoms with van der Waals surface area (Å²) in [7, 11) is 4.01. The van der Waals surface area contributed by atoms with Gasteiger partial charge in [0.05, 0.1) is 4.92 Å². The van der Waals surface area contributed by atoms with Crippen molar-refractivity contribution < 1.29 is 4.92 Å². The molecule has 1 aliphatic heterocycles. The molecular formula is C25H30N6O2. The number of anilines is 2. The molecule has 33 heavy (non-hydrogen) atoms. The molecular weight excluding hydrogens is 416 g/mol. The molecule has 1 aliphatic rings. The maximum atomic E-state index is 12.4. The van der Waals surface area contributed by atoms with E-state index >= 15 is 0 Å². The quantitative estimate of drug-likeness (QED) is 0.380. The number of hydrogen-bond donors (Lipinski definition) is 0. The minimum absolute atomic E-state index is 0.0363. The minimum atomic E-state index is -0.334. The summed E-state index contributed by atoms with van der Waals surface area (Å²) in [4.78, 5) is 27.1. The van der Waals surface area contributed by atoms with E-state index in [-0.39, 0.29) is 16.7 Å². The number of hydrogen-bond acceptors (Lipinski definition) is 7. The van der Waals surface area contributed by atoms with E-state index in [0.29, 0.717) is 24.7 Å². The first kappa shape index (κ1) is 22.7. The van der Waals surface area contributed by atoms with Gasteiger partial charge in [-0.25, -0.2) is 9.97 Å². The third-order valence-electron chi connectivity index (χ3n) is 6.27. The van der Waals surface area contributed by atoms with Crippen LogP contribution >= 0.6 is 0 Å². The van der Waals surface area contributed by atoms with Crippen LogP contribution in [-0.2, 0) is 13.1 Å². The molecule has 0 amide bonds. The van der Waals surface area contributed by atoms with Crippen LogP contribution < -0.4 is 9.80 Å². The molecule has 2 aromatic carbocycles. The van der Waals surface area contributed by atoms with E-state index in [0.717, 1.165) is 37.1 Å². The van der Waals surface area contributed by atoms with Crippen LogP contribution in [0, 0.1) is 10.1 Å². The molecule has 0 unspecified atom stereocenters. The standard InChI is InChI=1S/C25H30N6O2/c1-28-15-13-22(14-16-28)29(2)24-23(31(32)33)25(27-19-26-24)30(17-20-9-5-3-6-10-20)18-21-11-7-4-8-12-21/h3-12,19,22H,13-18H2,1-2H3. The Kier molecular flexibility index (Phi) is 7.14. The minimum Gasteiger partial charge on any atom is -0.351 e. The summed E-state index contributed by atoms with van der Waals surface area (Å²) in [5.74, 6) is 0.725. The molecule has 172 valence electrons. The van der Waals surface area contributed by atoms with E-state index in [9.17, 15) is 10.1 Å². The molecule has 0 saturated carbocycles. The molecule has 0 aliphatic carbocycles. The van der Waals surface area contributed by atoms with Crippen LogP contribution in [0.1, 0.15) is 24.0 Å². The van der Waals surface area contributed by atoms with Crippen LogP contribution in [0.5, 0.6) is 0 Å². The molecule has 0 spiro atoms. The monoisotopic (exact) mass is 446 g/mol. The van der Waals surface area contributed by atoms with Crippen molar-refractivity contribution in [3.05, 3.63) is 88.2 Å². The van der Waals surface area contributed by atoms with Crippen molar-refractivity contribution in [1.29, 1.82) is 0 Å². The van der Waals surface area contributed by atoms with E-state index in [1.807, 2.05) is 77.5 Å². The number of piperidine rings is 1. The fraction of sp³-hybridized carbons (Fsp3) is 0.360. The van der Waals surface area contributed by atoms with E-state index in [4.69, 9.17) is 0 Å². The lowest BCUT2D eigenvalue weighted by molar-refractivity contribution is -0.383. The highest BCUT2D eigenvalue weighted by Crippen LogP contribution is 2.36. The maximum absolute atomic E-state index is 12.4. The van der Waals surface area contributed by atoms with Crippen molar-refractivity contribution in [2.24, 2.45) is 0 Å². The lowest BCUT2D eigenvalue weighted by atomic mass is 10.0. The van der Waals surface area contributed by atoms with Crippen LogP contribution in [0.25, 0.3) is 0 Å². The van der Waals surface area contributed by atoms with Crippen molar-refractivity contribution in [2.45, 2.75) is 32.0 Å². The van der Waals surface area contributed by atoms with Gasteiger partial charge in [-0.1, -0.05) is 60.7 Å². The van der Waals surface area contributed by atoms with Crippen molar-refractivity contribution in [1.82, 2.24) is 14.9 Å². The average molecular weight is 447 g/mol. The van der Waals surface area contributed by atoms with Crippen LogP contribution in [0.2, 0.25) is 0 Å². The zero-order valence-electron chi connectivity index (χ0n) is 19.2. The van der Waals surface area contributed by atoms with Gasteiger partial charge < -0.3 is 14.7 Å². The summed E-state index contributed by atoms with van der Waals surface area (Å²) in [5.41, 5.74) is 2.09. The van der Waals surface area contributed by atoms with Gasteiger partial charge in [-0.2, -0.15) is 0 Å². The normalized spacial score (nSPS) is 14.7. The van der Waals surface area contributed by atoms with Gasteiger partial charge in [0.1, 0.15) is 6.33 Å². The third-order valence-corrected chi connectivity index (χ3v) is 6.27. The Balaban J connectivity index is 1.72. The van der Waals surface area contributed by atoms with Crippen molar-refractivity contribution in [2.75, 3.05) is 37.0 Å². The highest BCUT2D eigenvalue weighted by Gasteiger charge is 2.32. The largest absolute Gasteiger partial charge is 0.353 e. The molecule has 0 N–H and O–H groups in total. The van der Waals surface area contributed by atoms with Crippen molar-refractivity contribution >= 4 is 17.3 Å². The van der Waals surface area contributed by atoms with E-state index in [1.54, 1.807) is 0 Å². The Labute approximate surface area is 194 Å². The van der Waals surface area contributed by atoms with Gasteiger partial charge in [-0.3, -0.25) is 10.1 Å². The second-order valence-electron chi connectivity index (χ2n) is 8.60. The zero-order chi connectivity index (χ0) is 23.2. The van der Waals surface area contributed by atoms with Crippen LogP contribution in [0.15, 0.2) is 67.0 Å². The van der Waals surface area contributed by atoms with Crippen LogP contribution in [0.4, 0.5) is 17.3 Å². The van der Waals surface area contributed by atoms with Crippen LogP contribution in [0.3, 0.4) is 0 Å². The maximum Gasteiger partial charge on any atom is 0.353 e. The van der Waals surface area contributed by atoms with Gasteiger partial charge in [0.2, 0.25) is 11.6 Å². The molecule has 1 saturated heterocycles. The highest BCUT2D eigenvalue weighted by atomic mass is 16.6. The summed E-state index contributed by atoms with van der Waals surface area (Å²) in [6, 6.07) is 20.1. The number of nitrogens with zero attached hydrogens (tertiary/aromatic N) is 6. The summed E-state index contributed by atoms with van der Waals surface area (Å²) < 4.78 is 0. The third kappa shape index (κ3) is 5.46. The number of benzene rings is 2. The lowest BCUT2D eigenvalue weighted by Gasteiger charge is -2.35. The molecule has 0 atom stereocenters. The van der Waals surface area contributed by atoms with Crippen molar-refractivity contribution in [3.63, 3.8) is 0 Å². The van der Waals surface area contributed by atoms with Gasteiger partial charge in [-0.05, 0) is 44.1 Å². The second kappa shape index (κ2) is 10.4.